The summed E-state index contributed by atoms with van der Waals surface area (Å²) in [4.78, 5) is 16.5. The number of fused-ring (bicyclic) bond motifs is 1. The number of furan rings is 1. The van der Waals surface area contributed by atoms with E-state index in [0.29, 0.717) is 23.8 Å². The summed E-state index contributed by atoms with van der Waals surface area (Å²) in [5.41, 5.74) is 3.43. The van der Waals surface area contributed by atoms with E-state index in [4.69, 9.17) is 4.42 Å². The molecule has 0 saturated heterocycles. The molecule has 0 bridgehead atoms. The Bertz CT molecular complexity index is 1110. The van der Waals surface area contributed by atoms with Crippen molar-refractivity contribution in [2.75, 3.05) is 5.32 Å². The van der Waals surface area contributed by atoms with Crippen LogP contribution in [0.2, 0.25) is 0 Å². The van der Waals surface area contributed by atoms with Crippen LogP contribution in [0.1, 0.15) is 23.7 Å². The predicted molar refractivity (Wildman–Crippen MR) is 97.8 cm³/mol. The largest absolute Gasteiger partial charge is 0.459 e. The summed E-state index contributed by atoms with van der Waals surface area (Å²) >= 11 is 0. The topological polar surface area (TPSA) is 102 Å². The summed E-state index contributed by atoms with van der Waals surface area (Å²) in [5.74, 6) is 1.80. The average Bonchev–Trinajstić information content (AvgIpc) is 3.42. The first-order valence-corrected chi connectivity index (χ1v) is 8.57. The van der Waals surface area contributed by atoms with Crippen LogP contribution in [0.15, 0.2) is 53.3 Å². The van der Waals surface area contributed by atoms with Crippen molar-refractivity contribution in [3.63, 3.8) is 0 Å². The standard InChI is InChI=1S/C19H16N6O2/c1-25-19-17(18(24-25)11-3-2-7-20-10-11)12(9-16(26)22-19)14-4-5-15(27-14)13-6-8-21-23-13/h2-8,10,12H,9H2,1H3,(H,21,23)(H,22,26). The van der Waals surface area contributed by atoms with Gasteiger partial charge in [-0.1, -0.05) is 0 Å². The van der Waals surface area contributed by atoms with Crippen molar-refractivity contribution >= 4 is 11.7 Å². The summed E-state index contributed by atoms with van der Waals surface area (Å²) in [5, 5.41) is 14.4. The van der Waals surface area contributed by atoms with Gasteiger partial charge in [0.2, 0.25) is 5.91 Å². The second-order valence-corrected chi connectivity index (χ2v) is 6.45. The van der Waals surface area contributed by atoms with E-state index in [9.17, 15) is 4.79 Å². The highest BCUT2D eigenvalue weighted by atomic mass is 16.3. The van der Waals surface area contributed by atoms with Crippen LogP contribution in [0, 0.1) is 0 Å². The van der Waals surface area contributed by atoms with E-state index >= 15 is 0 Å². The number of aryl methyl sites for hydroxylation is 1. The number of amides is 1. The lowest BCUT2D eigenvalue weighted by Gasteiger charge is -2.22. The molecule has 1 unspecified atom stereocenters. The minimum Gasteiger partial charge on any atom is -0.459 e. The third-order valence-corrected chi connectivity index (χ3v) is 4.75. The summed E-state index contributed by atoms with van der Waals surface area (Å²) in [6.07, 6.45) is 5.46. The number of nitrogens with zero attached hydrogens (tertiary/aromatic N) is 4. The lowest BCUT2D eigenvalue weighted by molar-refractivity contribution is -0.116. The maximum absolute atomic E-state index is 12.3. The monoisotopic (exact) mass is 360 g/mol. The maximum atomic E-state index is 12.3. The Morgan fingerprint density at radius 2 is 2.15 bits per heavy atom. The number of nitrogens with one attached hydrogen (secondary N) is 2. The number of carbonyl (C=O) groups is 1. The Balaban J connectivity index is 1.65. The minimum atomic E-state index is -0.227. The molecule has 0 aromatic carbocycles. The fraction of sp³-hybridized carbons (Fsp3) is 0.158. The van der Waals surface area contributed by atoms with Crippen molar-refractivity contribution in [3.8, 4) is 22.7 Å². The van der Waals surface area contributed by atoms with E-state index in [1.807, 2.05) is 37.4 Å². The smallest absolute Gasteiger partial charge is 0.226 e. The van der Waals surface area contributed by atoms with Gasteiger partial charge in [0.05, 0.1) is 5.92 Å². The summed E-state index contributed by atoms with van der Waals surface area (Å²) in [7, 11) is 1.82. The Kier molecular flexibility index (Phi) is 3.43. The van der Waals surface area contributed by atoms with Gasteiger partial charge in [-0.3, -0.25) is 19.6 Å². The van der Waals surface area contributed by atoms with Crippen LogP contribution in [-0.4, -0.2) is 30.9 Å². The van der Waals surface area contributed by atoms with Crippen molar-refractivity contribution in [2.24, 2.45) is 7.05 Å². The number of pyridine rings is 1. The molecular weight excluding hydrogens is 344 g/mol. The summed E-state index contributed by atoms with van der Waals surface area (Å²) in [6, 6.07) is 9.46. The van der Waals surface area contributed by atoms with E-state index in [-0.39, 0.29) is 11.8 Å². The second kappa shape index (κ2) is 5.94. The molecule has 0 radical (unpaired) electrons. The van der Waals surface area contributed by atoms with Gasteiger partial charge in [0.1, 0.15) is 23.0 Å². The van der Waals surface area contributed by atoms with Crippen LogP contribution < -0.4 is 5.32 Å². The Morgan fingerprint density at radius 3 is 2.93 bits per heavy atom. The zero-order valence-corrected chi connectivity index (χ0v) is 14.5. The zero-order valence-electron chi connectivity index (χ0n) is 14.5. The van der Waals surface area contributed by atoms with Crippen molar-refractivity contribution in [1.29, 1.82) is 0 Å². The Labute approximate surface area is 154 Å². The fourth-order valence-electron chi connectivity index (χ4n) is 3.53. The van der Waals surface area contributed by atoms with Crippen LogP contribution in [0.5, 0.6) is 0 Å². The third-order valence-electron chi connectivity index (χ3n) is 4.75. The van der Waals surface area contributed by atoms with E-state index in [1.165, 1.54) is 0 Å². The van der Waals surface area contributed by atoms with Crippen molar-refractivity contribution in [3.05, 3.63) is 60.2 Å². The number of aromatic nitrogens is 5. The number of rotatable bonds is 3. The summed E-state index contributed by atoms with van der Waals surface area (Å²) < 4.78 is 7.76. The molecular formula is C19H16N6O2. The van der Waals surface area contributed by atoms with Crippen LogP contribution >= 0.6 is 0 Å². The highest BCUT2D eigenvalue weighted by Gasteiger charge is 2.35. The molecule has 4 aromatic rings. The number of H-pyrrole nitrogens is 1. The van der Waals surface area contributed by atoms with Gasteiger partial charge in [-0.15, -0.1) is 0 Å². The van der Waals surface area contributed by atoms with Gasteiger partial charge in [0.25, 0.3) is 0 Å². The molecule has 4 aromatic heterocycles. The molecule has 134 valence electrons. The van der Waals surface area contributed by atoms with E-state index in [1.54, 1.807) is 23.3 Å². The van der Waals surface area contributed by atoms with Gasteiger partial charge in [-0.25, -0.2) is 0 Å². The lowest BCUT2D eigenvalue weighted by Crippen LogP contribution is -2.24. The minimum absolute atomic E-state index is 0.0623. The van der Waals surface area contributed by atoms with Crippen LogP contribution in [-0.2, 0) is 11.8 Å². The van der Waals surface area contributed by atoms with Gasteiger partial charge in [-0.05, 0) is 30.3 Å². The molecule has 1 aliphatic heterocycles. The fourth-order valence-corrected chi connectivity index (χ4v) is 3.53. The molecule has 0 saturated carbocycles. The SMILES string of the molecule is Cn1nc(-c2cccnc2)c2c1NC(=O)CC2c1ccc(-c2ccn[nH]2)o1. The van der Waals surface area contributed by atoms with E-state index in [2.05, 4.69) is 25.6 Å². The molecule has 27 heavy (non-hydrogen) atoms. The first-order chi connectivity index (χ1) is 13.2. The molecule has 2 N–H and O–H groups in total. The molecule has 1 amide bonds. The van der Waals surface area contributed by atoms with Crippen molar-refractivity contribution in [2.45, 2.75) is 12.3 Å². The van der Waals surface area contributed by atoms with Gasteiger partial charge < -0.3 is 9.73 Å². The third kappa shape index (κ3) is 2.53. The Hall–Kier alpha value is -3.68. The molecule has 5 heterocycles. The number of hydrogen-bond donors (Lipinski definition) is 2. The number of aromatic amines is 1. The zero-order chi connectivity index (χ0) is 18.4. The molecule has 0 aliphatic carbocycles. The molecule has 1 aliphatic rings. The van der Waals surface area contributed by atoms with Gasteiger partial charge in [0.15, 0.2) is 5.76 Å². The molecule has 0 spiro atoms. The second-order valence-electron chi connectivity index (χ2n) is 6.45. The molecule has 8 nitrogen and oxygen atoms in total. The normalized spacial score (nSPS) is 16.2. The molecule has 8 heteroatoms. The molecule has 5 rings (SSSR count). The molecule has 1 atom stereocenters. The van der Waals surface area contributed by atoms with Gasteiger partial charge in [0, 0.05) is 43.2 Å². The van der Waals surface area contributed by atoms with Crippen molar-refractivity contribution < 1.29 is 9.21 Å². The maximum Gasteiger partial charge on any atom is 0.226 e. The van der Waals surface area contributed by atoms with Crippen LogP contribution in [0.4, 0.5) is 5.82 Å². The number of anilines is 1. The van der Waals surface area contributed by atoms with E-state index < -0.39 is 0 Å². The quantitative estimate of drug-likeness (QED) is 0.585. The highest BCUT2D eigenvalue weighted by Crippen LogP contribution is 2.43. The van der Waals surface area contributed by atoms with Crippen LogP contribution in [0.25, 0.3) is 22.7 Å². The van der Waals surface area contributed by atoms with Gasteiger partial charge >= 0.3 is 0 Å². The predicted octanol–water partition coefficient (Wildman–Crippen LogP) is 2.94. The summed E-state index contributed by atoms with van der Waals surface area (Å²) in [6.45, 7) is 0. The Morgan fingerprint density at radius 1 is 1.22 bits per heavy atom. The van der Waals surface area contributed by atoms with E-state index in [0.717, 1.165) is 22.5 Å². The lowest BCUT2D eigenvalue weighted by atomic mass is 9.88. The average molecular weight is 360 g/mol. The first kappa shape index (κ1) is 15.6. The number of hydrogen-bond acceptors (Lipinski definition) is 5. The first-order valence-electron chi connectivity index (χ1n) is 8.57. The van der Waals surface area contributed by atoms with Crippen molar-refractivity contribution in [1.82, 2.24) is 25.0 Å². The van der Waals surface area contributed by atoms with Gasteiger partial charge in [-0.2, -0.15) is 10.2 Å². The van der Waals surface area contributed by atoms with Crippen LogP contribution in [0.3, 0.4) is 0 Å². The molecule has 0 fully saturated rings. The number of carbonyl (C=O) groups excluding carboxylic acids is 1. The highest BCUT2D eigenvalue weighted by molar-refractivity contribution is 5.96.